The molecule has 6 heteroatoms. The Labute approximate surface area is 232 Å². The van der Waals surface area contributed by atoms with Crippen molar-refractivity contribution >= 4 is 73.6 Å². The van der Waals surface area contributed by atoms with E-state index in [0.29, 0.717) is 12.3 Å². The minimum Gasteiger partial charge on any atom is -0.487 e. The maximum absolute atomic E-state index is 12.7. The molecule has 0 saturated carbocycles. The molecule has 0 aromatic heterocycles. The Morgan fingerprint density at radius 2 is 1.66 bits per heavy atom. The number of anilines is 1. The number of carbonyl (C=O) groups excluding carboxylic acids is 1. The van der Waals surface area contributed by atoms with Crippen LogP contribution in [0.4, 0.5) is 5.69 Å². The van der Waals surface area contributed by atoms with Gasteiger partial charge in [-0.1, -0.05) is 42.5 Å². The van der Waals surface area contributed by atoms with Gasteiger partial charge in [0.1, 0.15) is 24.0 Å². The average molecular weight is 684 g/mol. The highest BCUT2D eigenvalue weighted by atomic mass is 127. The quantitative estimate of drug-likeness (QED) is 0.128. The second kappa shape index (κ2) is 11.2. The first-order valence-corrected chi connectivity index (χ1v) is 13.1. The van der Waals surface area contributed by atoms with Gasteiger partial charge < -0.3 is 10.1 Å². The van der Waals surface area contributed by atoms with Crippen LogP contribution in [0.3, 0.4) is 0 Å². The van der Waals surface area contributed by atoms with E-state index in [2.05, 4.69) is 80.8 Å². The molecule has 4 aromatic rings. The van der Waals surface area contributed by atoms with Crippen LogP contribution in [-0.4, -0.2) is 5.91 Å². The fraction of sp³-hybridized carbons (Fsp3) is 0.103. The third kappa shape index (κ3) is 6.21. The number of ether oxygens (including phenoxy) is 1. The van der Waals surface area contributed by atoms with Crippen LogP contribution < -0.4 is 10.1 Å². The molecule has 174 valence electrons. The van der Waals surface area contributed by atoms with E-state index in [9.17, 15) is 10.1 Å². The van der Waals surface area contributed by atoms with E-state index in [4.69, 9.17) is 4.74 Å². The first-order chi connectivity index (χ1) is 16.8. The summed E-state index contributed by atoms with van der Waals surface area (Å²) in [5.41, 5.74) is 4.79. The van der Waals surface area contributed by atoms with E-state index in [1.165, 1.54) is 10.8 Å². The molecular formula is C29H22I2N2O2. The van der Waals surface area contributed by atoms with Crippen LogP contribution in [-0.2, 0) is 11.4 Å². The highest BCUT2D eigenvalue weighted by Crippen LogP contribution is 2.31. The lowest BCUT2D eigenvalue weighted by atomic mass is 10.1. The minimum atomic E-state index is -0.433. The number of carbonyl (C=O) groups is 1. The number of nitrogens with one attached hydrogen (secondary N) is 1. The Kier molecular flexibility index (Phi) is 8.08. The van der Waals surface area contributed by atoms with Crippen molar-refractivity contribution in [1.29, 1.82) is 5.26 Å². The van der Waals surface area contributed by atoms with Crippen LogP contribution in [0.2, 0.25) is 0 Å². The molecule has 4 rings (SSSR count). The van der Waals surface area contributed by atoms with Gasteiger partial charge in [-0.3, -0.25) is 4.79 Å². The van der Waals surface area contributed by atoms with Crippen molar-refractivity contribution in [3.8, 4) is 11.8 Å². The Balaban J connectivity index is 1.50. The molecule has 0 atom stereocenters. The average Bonchev–Trinajstić information content (AvgIpc) is 2.84. The fourth-order valence-corrected chi connectivity index (χ4v) is 5.75. The van der Waals surface area contributed by atoms with Crippen molar-refractivity contribution in [2.24, 2.45) is 0 Å². The standard InChI is InChI=1S/C29H22I2N2O2/c1-18-7-10-25(11-19(18)2)33-29(34)24(16-32)13-21-14-26(30)28(27(31)15-21)35-17-20-8-9-22-5-3-4-6-23(22)12-20/h3-15H,17H2,1-2H3,(H,33,34)/b24-13+. The van der Waals surface area contributed by atoms with Crippen LogP contribution in [0.15, 0.2) is 78.4 Å². The summed E-state index contributed by atoms with van der Waals surface area (Å²) >= 11 is 4.45. The van der Waals surface area contributed by atoms with Crippen molar-refractivity contribution in [3.63, 3.8) is 0 Å². The largest absolute Gasteiger partial charge is 0.487 e. The summed E-state index contributed by atoms with van der Waals surface area (Å²) in [6.45, 7) is 4.45. The Bertz CT molecular complexity index is 1480. The molecule has 35 heavy (non-hydrogen) atoms. The number of hydrogen-bond donors (Lipinski definition) is 1. The first kappa shape index (κ1) is 25.2. The topological polar surface area (TPSA) is 62.1 Å². The minimum absolute atomic E-state index is 0.0414. The van der Waals surface area contributed by atoms with Gasteiger partial charge in [0, 0.05) is 5.69 Å². The number of fused-ring (bicyclic) bond motifs is 1. The second-order valence-corrected chi connectivity index (χ2v) is 10.5. The Hall–Kier alpha value is -2.90. The van der Waals surface area contributed by atoms with E-state index >= 15 is 0 Å². The number of amides is 1. The molecule has 0 heterocycles. The number of nitrogens with zero attached hydrogens (tertiary/aromatic N) is 1. The molecule has 0 aliphatic carbocycles. The lowest BCUT2D eigenvalue weighted by molar-refractivity contribution is -0.112. The van der Waals surface area contributed by atoms with Crippen LogP contribution in [0.1, 0.15) is 22.3 Å². The molecule has 4 nitrogen and oxygen atoms in total. The predicted octanol–water partition coefficient (Wildman–Crippen LogP) is 7.79. The van der Waals surface area contributed by atoms with Gasteiger partial charge in [-0.05, 0) is 128 Å². The molecule has 1 amide bonds. The summed E-state index contributed by atoms with van der Waals surface area (Å²) in [5.74, 6) is 0.354. The van der Waals surface area contributed by atoms with Crippen molar-refractivity contribution in [3.05, 3.63) is 108 Å². The number of benzene rings is 4. The smallest absolute Gasteiger partial charge is 0.266 e. The summed E-state index contributed by atoms with van der Waals surface area (Å²) in [5, 5.41) is 14.8. The number of nitriles is 1. The fourth-order valence-electron chi connectivity index (χ4n) is 3.62. The third-order valence-corrected chi connectivity index (χ3v) is 7.26. The summed E-state index contributed by atoms with van der Waals surface area (Å²) in [7, 11) is 0. The molecule has 0 saturated heterocycles. The highest BCUT2D eigenvalue weighted by molar-refractivity contribution is 14.1. The second-order valence-electron chi connectivity index (χ2n) is 8.21. The number of aryl methyl sites for hydroxylation is 2. The highest BCUT2D eigenvalue weighted by Gasteiger charge is 2.13. The monoisotopic (exact) mass is 684 g/mol. The van der Waals surface area contributed by atoms with Crippen molar-refractivity contribution in [2.45, 2.75) is 20.5 Å². The maximum Gasteiger partial charge on any atom is 0.266 e. The summed E-state index contributed by atoms with van der Waals surface area (Å²) < 4.78 is 7.98. The van der Waals surface area contributed by atoms with Crippen molar-refractivity contribution < 1.29 is 9.53 Å². The Morgan fingerprint density at radius 1 is 0.943 bits per heavy atom. The lowest BCUT2D eigenvalue weighted by Crippen LogP contribution is -2.13. The van der Waals surface area contributed by atoms with Crippen molar-refractivity contribution in [2.75, 3.05) is 5.32 Å². The van der Waals surface area contributed by atoms with E-state index in [1.54, 1.807) is 6.08 Å². The van der Waals surface area contributed by atoms with E-state index < -0.39 is 5.91 Å². The van der Waals surface area contributed by atoms with Gasteiger partial charge in [0.05, 0.1) is 7.14 Å². The molecule has 0 aliphatic rings. The predicted molar refractivity (Wildman–Crippen MR) is 158 cm³/mol. The van der Waals surface area contributed by atoms with Gasteiger partial charge in [-0.15, -0.1) is 0 Å². The number of rotatable bonds is 6. The summed E-state index contributed by atoms with van der Waals surface area (Å²) in [4.78, 5) is 12.7. The maximum atomic E-state index is 12.7. The van der Waals surface area contributed by atoms with Crippen LogP contribution in [0.5, 0.6) is 5.75 Å². The van der Waals surface area contributed by atoms with Gasteiger partial charge in [0.2, 0.25) is 0 Å². The SMILES string of the molecule is Cc1ccc(NC(=O)/C(C#N)=C/c2cc(I)c(OCc3ccc4ccccc4c3)c(I)c2)cc1C. The molecule has 4 aromatic carbocycles. The molecule has 0 bridgehead atoms. The molecule has 0 fully saturated rings. The van der Waals surface area contributed by atoms with Gasteiger partial charge in [-0.2, -0.15) is 5.26 Å². The van der Waals surface area contributed by atoms with Crippen molar-refractivity contribution in [1.82, 2.24) is 0 Å². The Morgan fingerprint density at radius 3 is 2.34 bits per heavy atom. The van der Waals surface area contributed by atoms with Gasteiger partial charge in [0.25, 0.3) is 5.91 Å². The summed E-state index contributed by atoms with van der Waals surface area (Å²) in [6.07, 6.45) is 1.60. The van der Waals surface area contributed by atoms with E-state index in [-0.39, 0.29) is 5.57 Å². The van der Waals surface area contributed by atoms with Crippen LogP contribution in [0.25, 0.3) is 16.8 Å². The zero-order chi connectivity index (χ0) is 24.9. The van der Waals surface area contributed by atoms with E-state index in [1.807, 2.05) is 62.4 Å². The van der Waals surface area contributed by atoms with Crippen LogP contribution >= 0.6 is 45.2 Å². The number of hydrogen-bond acceptors (Lipinski definition) is 3. The first-order valence-electron chi connectivity index (χ1n) is 10.9. The lowest BCUT2D eigenvalue weighted by Gasteiger charge is -2.12. The zero-order valence-electron chi connectivity index (χ0n) is 19.2. The molecule has 1 N–H and O–H groups in total. The third-order valence-electron chi connectivity index (χ3n) is 5.66. The van der Waals surface area contributed by atoms with Gasteiger partial charge in [-0.25, -0.2) is 0 Å². The zero-order valence-corrected chi connectivity index (χ0v) is 23.5. The molecular weight excluding hydrogens is 662 g/mol. The van der Waals surface area contributed by atoms with Gasteiger partial charge >= 0.3 is 0 Å². The molecule has 0 unspecified atom stereocenters. The normalized spacial score (nSPS) is 11.2. The molecule has 0 radical (unpaired) electrons. The molecule has 0 aliphatic heterocycles. The molecule has 0 spiro atoms. The summed E-state index contributed by atoms with van der Waals surface area (Å²) in [6, 6.07) is 26.1. The van der Waals surface area contributed by atoms with E-state index in [0.717, 1.165) is 35.1 Å². The van der Waals surface area contributed by atoms with Crippen LogP contribution in [0, 0.1) is 32.3 Å². The number of halogens is 2. The van der Waals surface area contributed by atoms with Gasteiger partial charge in [0.15, 0.2) is 0 Å².